The van der Waals surface area contributed by atoms with Gasteiger partial charge in [-0.15, -0.1) is 0 Å². The SMILES string of the molecule is CC(N)CCN1CCN2CCCC2C1. The van der Waals surface area contributed by atoms with Gasteiger partial charge in [0.25, 0.3) is 0 Å². The predicted octanol–water partition coefficient (Wildman–Crippen LogP) is 0.504. The van der Waals surface area contributed by atoms with Gasteiger partial charge in [-0.25, -0.2) is 0 Å². The number of rotatable bonds is 3. The van der Waals surface area contributed by atoms with Crippen LogP contribution in [-0.4, -0.2) is 54.6 Å². The first-order chi connectivity index (χ1) is 6.75. The summed E-state index contributed by atoms with van der Waals surface area (Å²) in [7, 11) is 0. The van der Waals surface area contributed by atoms with E-state index in [9.17, 15) is 0 Å². The third-order valence-electron chi connectivity index (χ3n) is 3.57. The van der Waals surface area contributed by atoms with Gasteiger partial charge in [0.05, 0.1) is 0 Å². The third kappa shape index (κ3) is 2.47. The van der Waals surface area contributed by atoms with Crippen molar-refractivity contribution in [2.45, 2.75) is 38.3 Å². The maximum Gasteiger partial charge on any atom is 0.0224 e. The minimum atomic E-state index is 0.358. The van der Waals surface area contributed by atoms with Crippen LogP contribution in [0.3, 0.4) is 0 Å². The summed E-state index contributed by atoms with van der Waals surface area (Å²) >= 11 is 0. The van der Waals surface area contributed by atoms with Crippen molar-refractivity contribution >= 4 is 0 Å². The van der Waals surface area contributed by atoms with Crippen LogP contribution in [0.5, 0.6) is 0 Å². The van der Waals surface area contributed by atoms with Gasteiger partial charge in [-0.2, -0.15) is 0 Å². The molecule has 2 rings (SSSR count). The predicted molar refractivity (Wildman–Crippen MR) is 59.3 cm³/mol. The maximum absolute atomic E-state index is 5.78. The van der Waals surface area contributed by atoms with Crippen molar-refractivity contribution in [3.8, 4) is 0 Å². The van der Waals surface area contributed by atoms with E-state index in [1.165, 1.54) is 45.6 Å². The van der Waals surface area contributed by atoms with Gasteiger partial charge in [0, 0.05) is 31.7 Å². The summed E-state index contributed by atoms with van der Waals surface area (Å²) in [4.78, 5) is 5.25. The molecule has 0 amide bonds. The molecule has 82 valence electrons. The minimum Gasteiger partial charge on any atom is -0.328 e. The Morgan fingerprint density at radius 1 is 1.36 bits per heavy atom. The number of fused-ring (bicyclic) bond motifs is 1. The van der Waals surface area contributed by atoms with E-state index in [1.807, 2.05) is 0 Å². The average Bonchev–Trinajstić information content (AvgIpc) is 2.61. The lowest BCUT2D eigenvalue weighted by molar-refractivity contribution is 0.102. The van der Waals surface area contributed by atoms with Gasteiger partial charge in [-0.1, -0.05) is 0 Å². The highest BCUT2D eigenvalue weighted by molar-refractivity contribution is 4.86. The molecule has 0 aromatic rings. The molecule has 3 nitrogen and oxygen atoms in total. The van der Waals surface area contributed by atoms with E-state index in [4.69, 9.17) is 5.73 Å². The molecule has 2 unspecified atom stereocenters. The smallest absolute Gasteiger partial charge is 0.0224 e. The van der Waals surface area contributed by atoms with Crippen molar-refractivity contribution in [3.63, 3.8) is 0 Å². The molecule has 2 aliphatic rings. The third-order valence-corrected chi connectivity index (χ3v) is 3.57. The molecule has 0 aliphatic carbocycles. The number of nitrogens with zero attached hydrogens (tertiary/aromatic N) is 2. The highest BCUT2D eigenvalue weighted by atomic mass is 15.3. The van der Waals surface area contributed by atoms with Crippen LogP contribution in [0.1, 0.15) is 26.2 Å². The molecule has 2 atom stereocenters. The maximum atomic E-state index is 5.78. The molecule has 0 aromatic heterocycles. The summed E-state index contributed by atoms with van der Waals surface area (Å²) in [5.74, 6) is 0. The fraction of sp³-hybridized carbons (Fsp3) is 1.00. The van der Waals surface area contributed by atoms with E-state index >= 15 is 0 Å². The van der Waals surface area contributed by atoms with Crippen LogP contribution < -0.4 is 5.73 Å². The Morgan fingerprint density at radius 3 is 3.00 bits per heavy atom. The first-order valence-corrected chi connectivity index (χ1v) is 5.97. The lowest BCUT2D eigenvalue weighted by Gasteiger charge is -2.37. The molecule has 3 heteroatoms. The van der Waals surface area contributed by atoms with E-state index in [0.717, 1.165) is 12.5 Å². The highest BCUT2D eigenvalue weighted by Gasteiger charge is 2.29. The molecule has 0 radical (unpaired) electrons. The fourth-order valence-corrected chi connectivity index (χ4v) is 2.64. The Morgan fingerprint density at radius 2 is 2.21 bits per heavy atom. The van der Waals surface area contributed by atoms with Crippen molar-refractivity contribution in [1.29, 1.82) is 0 Å². The van der Waals surface area contributed by atoms with E-state index in [-0.39, 0.29) is 0 Å². The largest absolute Gasteiger partial charge is 0.328 e. The topological polar surface area (TPSA) is 32.5 Å². The van der Waals surface area contributed by atoms with Crippen molar-refractivity contribution in [2.24, 2.45) is 5.73 Å². The van der Waals surface area contributed by atoms with Crippen molar-refractivity contribution in [1.82, 2.24) is 9.80 Å². The standard InChI is InChI=1S/C11H23N3/c1-10(12)4-6-13-7-8-14-5-2-3-11(14)9-13/h10-11H,2-9,12H2,1H3. The Labute approximate surface area is 87.2 Å². The van der Waals surface area contributed by atoms with Crippen molar-refractivity contribution in [2.75, 3.05) is 32.7 Å². The number of hydrogen-bond acceptors (Lipinski definition) is 3. The quantitative estimate of drug-likeness (QED) is 0.715. The Kier molecular flexibility index (Phi) is 3.42. The van der Waals surface area contributed by atoms with Crippen LogP contribution in [0.15, 0.2) is 0 Å². The minimum absolute atomic E-state index is 0.358. The van der Waals surface area contributed by atoms with Crippen molar-refractivity contribution < 1.29 is 0 Å². The van der Waals surface area contributed by atoms with Gasteiger partial charge < -0.3 is 10.6 Å². The monoisotopic (exact) mass is 197 g/mol. The Hall–Kier alpha value is -0.120. The van der Waals surface area contributed by atoms with E-state index < -0.39 is 0 Å². The first-order valence-electron chi connectivity index (χ1n) is 5.97. The molecule has 2 fully saturated rings. The summed E-state index contributed by atoms with van der Waals surface area (Å²) < 4.78 is 0. The summed E-state index contributed by atoms with van der Waals surface area (Å²) in [6.07, 6.45) is 3.97. The van der Waals surface area contributed by atoms with Crippen LogP contribution in [0, 0.1) is 0 Å². The Bertz CT molecular complexity index is 181. The molecule has 2 saturated heterocycles. The van der Waals surface area contributed by atoms with Gasteiger partial charge in [0.2, 0.25) is 0 Å². The van der Waals surface area contributed by atoms with E-state index in [1.54, 1.807) is 0 Å². The zero-order chi connectivity index (χ0) is 9.97. The van der Waals surface area contributed by atoms with E-state index in [0.29, 0.717) is 6.04 Å². The number of piperazine rings is 1. The molecular formula is C11H23N3. The van der Waals surface area contributed by atoms with Gasteiger partial charge in [-0.05, 0) is 39.3 Å². The van der Waals surface area contributed by atoms with Gasteiger partial charge in [0.15, 0.2) is 0 Å². The summed E-state index contributed by atoms with van der Waals surface area (Å²) in [5, 5.41) is 0. The Balaban J connectivity index is 1.74. The molecular weight excluding hydrogens is 174 g/mol. The summed E-state index contributed by atoms with van der Waals surface area (Å²) in [5.41, 5.74) is 5.78. The molecule has 0 saturated carbocycles. The molecule has 2 aliphatic heterocycles. The summed E-state index contributed by atoms with van der Waals surface area (Å²) in [6.45, 7) is 8.46. The molecule has 0 aromatic carbocycles. The second-order valence-corrected chi connectivity index (χ2v) is 4.90. The van der Waals surface area contributed by atoms with Crippen LogP contribution in [-0.2, 0) is 0 Å². The van der Waals surface area contributed by atoms with Crippen LogP contribution in [0.2, 0.25) is 0 Å². The zero-order valence-electron chi connectivity index (χ0n) is 9.28. The molecule has 2 heterocycles. The normalized spacial score (nSPS) is 31.7. The zero-order valence-corrected chi connectivity index (χ0v) is 9.28. The average molecular weight is 197 g/mol. The molecule has 14 heavy (non-hydrogen) atoms. The lowest BCUT2D eigenvalue weighted by atomic mass is 10.1. The highest BCUT2D eigenvalue weighted by Crippen LogP contribution is 2.21. The second kappa shape index (κ2) is 4.60. The molecule has 2 N–H and O–H groups in total. The number of hydrogen-bond donors (Lipinski definition) is 1. The fourth-order valence-electron chi connectivity index (χ4n) is 2.64. The second-order valence-electron chi connectivity index (χ2n) is 4.90. The van der Waals surface area contributed by atoms with Gasteiger partial charge in [-0.3, -0.25) is 4.90 Å². The lowest BCUT2D eigenvalue weighted by Crippen LogP contribution is -2.50. The first kappa shape index (κ1) is 10.4. The molecule has 0 bridgehead atoms. The van der Waals surface area contributed by atoms with E-state index in [2.05, 4.69) is 16.7 Å². The van der Waals surface area contributed by atoms with Gasteiger partial charge in [0.1, 0.15) is 0 Å². The molecule has 0 spiro atoms. The van der Waals surface area contributed by atoms with Crippen LogP contribution in [0.25, 0.3) is 0 Å². The summed E-state index contributed by atoms with van der Waals surface area (Å²) in [6, 6.07) is 1.22. The van der Waals surface area contributed by atoms with Crippen LogP contribution >= 0.6 is 0 Å². The van der Waals surface area contributed by atoms with Crippen molar-refractivity contribution in [3.05, 3.63) is 0 Å². The van der Waals surface area contributed by atoms with Gasteiger partial charge >= 0.3 is 0 Å². The van der Waals surface area contributed by atoms with Crippen LogP contribution in [0.4, 0.5) is 0 Å². The number of nitrogens with two attached hydrogens (primary N) is 1.